The van der Waals surface area contributed by atoms with E-state index >= 15 is 0 Å². The highest BCUT2D eigenvalue weighted by Crippen LogP contribution is 2.18. The number of nitrogens with one attached hydrogen (secondary N) is 1. The number of anilines is 1. The molecule has 0 fully saturated rings. The summed E-state index contributed by atoms with van der Waals surface area (Å²) in [6.45, 7) is 0. The molecule has 0 aliphatic carbocycles. The Balaban J connectivity index is 1.65. The van der Waals surface area contributed by atoms with Crippen LogP contribution < -0.4 is 10.1 Å². The van der Waals surface area contributed by atoms with Gasteiger partial charge < -0.3 is 10.1 Å². The first-order valence-electron chi connectivity index (χ1n) is 7.14. The first-order chi connectivity index (χ1) is 11.6. The van der Waals surface area contributed by atoms with Gasteiger partial charge in [-0.25, -0.2) is 14.4 Å². The first-order valence-corrected chi connectivity index (χ1v) is 8.02. The van der Waals surface area contributed by atoms with E-state index in [1.54, 1.807) is 12.5 Å². The fraction of sp³-hybridized carbons (Fsp3) is 0.118. The van der Waals surface area contributed by atoms with Crippen LogP contribution in [0.15, 0.2) is 48.0 Å². The molecule has 3 rings (SSSR count). The molecular weight excluding hydrogens is 329 g/mol. The number of aromatic nitrogens is 2. The number of hydrogen-bond acceptors (Lipinski definition) is 5. The van der Waals surface area contributed by atoms with Crippen molar-refractivity contribution in [3.63, 3.8) is 0 Å². The Morgan fingerprint density at radius 3 is 2.71 bits per heavy atom. The summed E-state index contributed by atoms with van der Waals surface area (Å²) in [7, 11) is 1.62. The lowest BCUT2D eigenvalue weighted by Crippen LogP contribution is -2.13. The molecule has 0 spiro atoms. The molecule has 0 unspecified atom stereocenters. The molecule has 2 heterocycles. The van der Waals surface area contributed by atoms with Gasteiger partial charge in [-0.15, -0.1) is 11.3 Å². The molecule has 0 atom stereocenters. The fourth-order valence-electron chi connectivity index (χ4n) is 2.04. The second-order valence-electron chi connectivity index (χ2n) is 4.97. The molecule has 3 aromatic rings. The molecular formula is C17H14FN3O2S. The molecule has 1 amide bonds. The number of thiazole rings is 1. The van der Waals surface area contributed by atoms with Crippen LogP contribution in [0.25, 0.3) is 0 Å². The van der Waals surface area contributed by atoms with Crippen LogP contribution in [0.5, 0.6) is 5.75 Å². The van der Waals surface area contributed by atoms with Crippen LogP contribution >= 0.6 is 11.3 Å². The highest BCUT2D eigenvalue weighted by atomic mass is 32.1. The van der Waals surface area contributed by atoms with Gasteiger partial charge in [-0.1, -0.05) is 12.1 Å². The Bertz CT molecular complexity index is 832. The molecule has 0 aliphatic rings. The Labute approximate surface area is 142 Å². The summed E-state index contributed by atoms with van der Waals surface area (Å²) in [5, 5.41) is 5.11. The van der Waals surface area contributed by atoms with E-state index in [4.69, 9.17) is 4.74 Å². The molecule has 0 saturated heterocycles. The van der Waals surface area contributed by atoms with Gasteiger partial charge in [-0.3, -0.25) is 4.79 Å². The van der Waals surface area contributed by atoms with Gasteiger partial charge in [0, 0.05) is 11.8 Å². The molecule has 2 aromatic heterocycles. The number of halogens is 1. The van der Waals surface area contributed by atoms with Crippen molar-refractivity contribution in [1.29, 1.82) is 0 Å². The fourth-order valence-corrected chi connectivity index (χ4v) is 2.85. The van der Waals surface area contributed by atoms with Gasteiger partial charge in [0.2, 0.25) is 0 Å². The minimum atomic E-state index is -0.455. The van der Waals surface area contributed by atoms with Crippen LogP contribution in [-0.4, -0.2) is 23.0 Å². The van der Waals surface area contributed by atoms with Crippen molar-refractivity contribution in [2.24, 2.45) is 0 Å². The Kier molecular flexibility index (Phi) is 4.81. The lowest BCUT2D eigenvalue weighted by Gasteiger charge is -2.02. The van der Waals surface area contributed by atoms with E-state index in [0.29, 0.717) is 12.1 Å². The average Bonchev–Trinajstić information content (AvgIpc) is 3.06. The maximum absolute atomic E-state index is 12.8. The van der Waals surface area contributed by atoms with E-state index < -0.39 is 5.82 Å². The van der Waals surface area contributed by atoms with Crippen molar-refractivity contribution in [1.82, 2.24) is 9.97 Å². The zero-order chi connectivity index (χ0) is 16.9. The Morgan fingerprint density at radius 1 is 1.25 bits per heavy atom. The van der Waals surface area contributed by atoms with Crippen LogP contribution in [0.4, 0.5) is 10.2 Å². The van der Waals surface area contributed by atoms with Gasteiger partial charge in [-0.05, 0) is 29.8 Å². The standard InChI is InChI=1S/C17H14FN3O2S/c1-23-13-5-2-11(3-6-13)8-16-20-14(10-24-16)17(22)21-15-7-4-12(18)9-19-15/h2-7,9-10H,8H2,1H3,(H,19,21,22). The van der Waals surface area contributed by atoms with Crippen molar-refractivity contribution in [2.75, 3.05) is 12.4 Å². The molecule has 0 saturated carbocycles. The topological polar surface area (TPSA) is 64.1 Å². The number of carbonyl (C=O) groups is 1. The predicted octanol–water partition coefficient (Wildman–Crippen LogP) is 3.53. The van der Waals surface area contributed by atoms with Crippen LogP contribution in [0, 0.1) is 5.82 Å². The smallest absolute Gasteiger partial charge is 0.276 e. The zero-order valence-electron chi connectivity index (χ0n) is 12.8. The number of benzene rings is 1. The third-order valence-corrected chi connectivity index (χ3v) is 4.12. The number of carbonyl (C=O) groups excluding carboxylic acids is 1. The quantitative estimate of drug-likeness (QED) is 0.770. The molecule has 1 aromatic carbocycles. The van der Waals surface area contributed by atoms with Gasteiger partial charge in [-0.2, -0.15) is 0 Å². The van der Waals surface area contributed by atoms with Gasteiger partial charge in [0.25, 0.3) is 5.91 Å². The van der Waals surface area contributed by atoms with Gasteiger partial charge >= 0.3 is 0 Å². The molecule has 0 radical (unpaired) electrons. The van der Waals surface area contributed by atoms with E-state index in [1.165, 1.54) is 23.5 Å². The number of hydrogen-bond donors (Lipinski definition) is 1. The third-order valence-electron chi connectivity index (χ3n) is 3.27. The molecule has 1 N–H and O–H groups in total. The van der Waals surface area contributed by atoms with Crippen LogP contribution in [0.3, 0.4) is 0 Å². The Hall–Kier alpha value is -2.80. The highest BCUT2D eigenvalue weighted by Gasteiger charge is 2.12. The number of ether oxygens (including phenoxy) is 1. The minimum Gasteiger partial charge on any atom is -0.497 e. The SMILES string of the molecule is COc1ccc(Cc2nc(C(=O)Nc3ccc(F)cn3)cs2)cc1. The third kappa shape index (κ3) is 3.94. The summed E-state index contributed by atoms with van der Waals surface area (Å²) in [6.07, 6.45) is 1.68. The normalized spacial score (nSPS) is 10.4. The second kappa shape index (κ2) is 7.18. The number of rotatable bonds is 5. The largest absolute Gasteiger partial charge is 0.497 e. The number of methoxy groups -OCH3 is 1. The lowest BCUT2D eigenvalue weighted by atomic mass is 10.1. The summed E-state index contributed by atoms with van der Waals surface area (Å²) in [5.74, 6) is 0.255. The van der Waals surface area contributed by atoms with Crippen molar-refractivity contribution < 1.29 is 13.9 Å². The zero-order valence-corrected chi connectivity index (χ0v) is 13.6. The molecule has 24 heavy (non-hydrogen) atoms. The van der Waals surface area contributed by atoms with Crippen LogP contribution in [-0.2, 0) is 6.42 Å². The van der Waals surface area contributed by atoms with Gasteiger partial charge in [0.15, 0.2) is 0 Å². The predicted molar refractivity (Wildman–Crippen MR) is 90.1 cm³/mol. The number of amides is 1. The summed E-state index contributed by atoms with van der Waals surface area (Å²) < 4.78 is 17.9. The molecule has 0 bridgehead atoms. The summed E-state index contributed by atoms with van der Waals surface area (Å²) in [4.78, 5) is 20.3. The van der Waals surface area contributed by atoms with Gasteiger partial charge in [0.1, 0.15) is 23.1 Å². The summed E-state index contributed by atoms with van der Waals surface area (Å²) in [6, 6.07) is 10.3. The number of pyridine rings is 1. The summed E-state index contributed by atoms with van der Waals surface area (Å²) >= 11 is 1.41. The first kappa shape index (κ1) is 16.1. The van der Waals surface area contributed by atoms with E-state index in [-0.39, 0.29) is 11.7 Å². The van der Waals surface area contributed by atoms with Crippen LogP contribution in [0.1, 0.15) is 21.1 Å². The lowest BCUT2D eigenvalue weighted by molar-refractivity contribution is 0.102. The van der Waals surface area contributed by atoms with Crippen LogP contribution in [0.2, 0.25) is 0 Å². The monoisotopic (exact) mass is 343 g/mol. The molecule has 0 aliphatic heterocycles. The van der Waals surface area contributed by atoms with E-state index in [9.17, 15) is 9.18 Å². The van der Waals surface area contributed by atoms with E-state index in [1.807, 2.05) is 24.3 Å². The highest BCUT2D eigenvalue weighted by molar-refractivity contribution is 7.09. The second-order valence-corrected chi connectivity index (χ2v) is 5.91. The van der Waals surface area contributed by atoms with Crippen molar-refractivity contribution >= 4 is 23.1 Å². The maximum Gasteiger partial charge on any atom is 0.276 e. The maximum atomic E-state index is 12.8. The number of nitrogens with zero attached hydrogens (tertiary/aromatic N) is 2. The molecule has 7 heteroatoms. The average molecular weight is 343 g/mol. The van der Waals surface area contributed by atoms with Crippen molar-refractivity contribution in [3.05, 3.63) is 70.1 Å². The minimum absolute atomic E-state index is 0.283. The summed E-state index contributed by atoms with van der Waals surface area (Å²) in [5.41, 5.74) is 1.40. The van der Waals surface area contributed by atoms with E-state index in [2.05, 4.69) is 15.3 Å². The van der Waals surface area contributed by atoms with Gasteiger partial charge in [0.05, 0.1) is 18.3 Å². The van der Waals surface area contributed by atoms with Crippen molar-refractivity contribution in [3.8, 4) is 5.75 Å². The van der Waals surface area contributed by atoms with Crippen molar-refractivity contribution in [2.45, 2.75) is 6.42 Å². The van der Waals surface area contributed by atoms with E-state index in [0.717, 1.165) is 22.5 Å². The molecule has 122 valence electrons. The Morgan fingerprint density at radius 2 is 2.04 bits per heavy atom. The molecule has 5 nitrogen and oxygen atoms in total.